The lowest BCUT2D eigenvalue weighted by Crippen LogP contribution is -2.34. The Morgan fingerprint density at radius 2 is 1.75 bits per heavy atom. The van der Waals surface area contributed by atoms with Crippen LogP contribution in [0.4, 0.5) is 0 Å². The summed E-state index contributed by atoms with van der Waals surface area (Å²) >= 11 is 7.26. The molecule has 3 heteroatoms. The van der Waals surface area contributed by atoms with Crippen LogP contribution >= 0.6 is 31.9 Å². The summed E-state index contributed by atoms with van der Waals surface area (Å²) in [7, 11) is 0. The summed E-state index contributed by atoms with van der Waals surface area (Å²) in [6.45, 7) is 5.59. The number of nitrogens with one attached hydrogen (secondary N) is 1. The van der Waals surface area contributed by atoms with Gasteiger partial charge in [-0.1, -0.05) is 71.4 Å². The second-order valence-corrected chi connectivity index (χ2v) is 7.69. The van der Waals surface area contributed by atoms with E-state index in [1.54, 1.807) is 0 Å². The van der Waals surface area contributed by atoms with Crippen molar-refractivity contribution in [1.82, 2.24) is 5.32 Å². The first-order chi connectivity index (χ1) is 9.65. The lowest BCUT2D eigenvalue weighted by Gasteiger charge is -2.37. The summed E-state index contributed by atoms with van der Waals surface area (Å²) in [6, 6.07) is 7.16. The molecule has 112 valence electrons. The monoisotopic (exact) mass is 401 g/mol. The van der Waals surface area contributed by atoms with Crippen molar-refractivity contribution in [3.8, 4) is 0 Å². The van der Waals surface area contributed by atoms with E-state index in [4.69, 9.17) is 0 Å². The van der Waals surface area contributed by atoms with Crippen molar-refractivity contribution >= 4 is 31.9 Å². The summed E-state index contributed by atoms with van der Waals surface area (Å²) in [4.78, 5) is 0. The number of benzene rings is 1. The van der Waals surface area contributed by atoms with Gasteiger partial charge in [0.15, 0.2) is 0 Å². The van der Waals surface area contributed by atoms with Crippen molar-refractivity contribution in [3.63, 3.8) is 0 Å². The fourth-order valence-corrected chi connectivity index (χ4v) is 5.00. The predicted octanol–water partition coefficient (Wildman–Crippen LogP) is 6.08. The molecule has 0 heterocycles. The van der Waals surface area contributed by atoms with Crippen molar-refractivity contribution < 1.29 is 0 Å². The smallest absolute Gasteiger partial charge is 0.0352 e. The highest BCUT2D eigenvalue weighted by atomic mass is 79.9. The summed E-state index contributed by atoms with van der Waals surface area (Å²) in [6.07, 6.45) is 6.87. The van der Waals surface area contributed by atoms with E-state index in [-0.39, 0.29) is 0 Å². The Morgan fingerprint density at radius 1 is 1.10 bits per heavy atom. The zero-order valence-electron chi connectivity index (χ0n) is 12.5. The molecule has 0 aromatic heterocycles. The molecule has 1 aromatic carbocycles. The zero-order valence-corrected chi connectivity index (χ0v) is 15.6. The van der Waals surface area contributed by atoms with Gasteiger partial charge in [-0.25, -0.2) is 0 Å². The molecule has 1 N–H and O–H groups in total. The van der Waals surface area contributed by atoms with Crippen LogP contribution in [-0.2, 0) is 0 Å². The third-order valence-corrected chi connectivity index (χ3v) is 5.50. The van der Waals surface area contributed by atoms with Gasteiger partial charge in [0.2, 0.25) is 0 Å². The first-order valence-corrected chi connectivity index (χ1v) is 9.43. The summed E-state index contributed by atoms with van der Waals surface area (Å²) in [5, 5.41) is 3.75. The molecule has 0 radical (unpaired) electrons. The van der Waals surface area contributed by atoms with Gasteiger partial charge in [-0.15, -0.1) is 0 Å². The van der Waals surface area contributed by atoms with Crippen molar-refractivity contribution in [2.75, 3.05) is 6.54 Å². The minimum absolute atomic E-state index is 0.485. The maximum Gasteiger partial charge on any atom is 0.0352 e. The Hall–Kier alpha value is 0.140. The highest BCUT2D eigenvalue weighted by molar-refractivity contribution is 9.11. The van der Waals surface area contributed by atoms with E-state index in [0.717, 1.165) is 27.3 Å². The molecule has 0 amide bonds. The summed E-state index contributed by atoms with van der Waals surface area (Å²) in [5.74, 6) is 1.64. The lowest BCUT2D eigenvalue weighted by atomic mass is 9.72. The molecule has 0 aliphatic heterocycles. The van der Waals surface area contributed by atoms with Crippen LogP contribution in [0.3, 0.4) is 0 Å². The highest BCUT2D eigenvalue weighted by Gasteiger charge is 2.31. The second-order valence-electron chi connectivity index (χ2n) is 5.85. The van der Waals surface area contributed by atoms with Crippen LogP contribution in [0, 0.1) is 11.8 Å². The minimum Gasteiger partial charge on any atom is -0.310 e. The van der Waals surface area contributed by atoms with Gasteiger partial charge in [0.1, 0.15) is 0 Å². The predicted molar refractivity (Wildman–Crippen MR) is 94.0 cm³/mol. The van der Waals surface area contributed by atoms with Crippen LogP contribution in [0.15, 0.2) is 27.1 Å². The zero-order chi connectivity index (χ0) is 14.5. The fourth-order valence-electron chi connectivity index (χ4n) is 3.67. The first kappa shape index (κ1) is 16.5. The molecule has 1 aromatic rings. The van der Waals surface area contributed by atoms with Gasteiger partial charge >= 0.3 is 0 Å². The molecule has 20 heavy (non-hydrogen) atoms. The molecule has 0 spiro atoms. The average molecular weight is 403 g/mol. The van der Waals surface area contributed by atoms with E-state index in [1.807, 2.05) is 0 Å². The van der Waals surface area contributed by atoms with E-state index >= 15 is 0 Å². The van der Waals surface area contributed by atoms with Crippen molar-refractivity contribution in [3.05, 3.63) is 32.7 Å². The average Bonchev–Trinajstić information content (AvgIpc) is 2.43. The standard InChI is InChI=1S/C17H25Br2N/c1-3-12-7-5-6-8-16(12)17(20-4-2)13-9-14(18)11-15(19)10-13/h9-12,16-17,20H,3-8H2,1-2H3. The van der Waals surface area contributed by atoms with E-state index in [0.29, 0.717) is 6.04 Å². The van der Waals surface area contributed by atoms with Gasteiger partial charge in [-0.3, -0.25) is 0 Å². The Balaban J connectivity index is 2.28. The third-order valence-electron chi connectivity index (χ3n) is 4.59. The molecule has 3 unspecified atom stereocenters. The number of rotatable bonds is 5. The molecule has 1 nitrogen and oxygen atoms in total. The molecule has 1 saturated carbocycles. The lowest BCUT2D eigenvalue weighted by molar-refractivity contribution is 0.176. The topological polar surface area (TPSA) is 12.0 Å². The normalized spacial score (nSPS) is 24.6. The van der Waals surface area contributed by atoms with Crippen LogP contribution in [0.2, 0.25) is 0 Å². The molecule has 3 atom stereocenters. The number of halogens is 2. The third kappa shape index (κ3) is 4.08. The van der Waals surface area contributed by atoms with E-state index in [1.165, 1.54) is 37.7 Å². The molecule has 1 aliphatic carbocycles. The molecule has 1 aliphatic rings. The number of hydrogen-bond donors (Lipinski definition) is 1. The van der Waals surface area contributed by atoms with Crippen molar-refractivity contribution in [2.24, 2.45) is 11.8 Å². The van der Waals surface area contributed by atoms with Gasteiger partial charge < -0.3 is 5.32 Å². The first-order valence-electron chi connectivity index (χ1n) is 7.85. The Kier molecular flexibility index (Phi) is 6.57. The fraction of sp³-hybridized carbons (Fsp3) is 0.647. The van der Waals surface area contributed by atoms with Crippen LogP contribution < -0.4 is 5.32 Å². The largest absolute Gasteiger partial charge is 0.310 e. The van der Waals surface area contributed by atoms with Crippen LogP contribution in [0.1, 0.15) is 57.6 Å². The molecule has 0 saturated heterocycles. The number of hydrogen-bond acceptors (Lipinski definition) is 1. The van der Waals surface area contributed by atoms with Crippen LogP contribution in [-0.4, -0.2) is 6.54 Å². The van der Waals surface area contributed by atoms with Crippen LogP contribution in [0.5, 0.6) is 0 Å². The van der Waals surface area contributed by atoms with Gasteiger partial charge in [0.05, 0.1) is 0 Å². The molecule has 1 fully saturated rings. The van der Waals surface area contributed by atoms with E-state index < -0.39 is 0 Å². The maximum absolute atomic E-state index is 3.75. The Bertz CT molecular complexity index is 413. The Labute approximate surface area is 140 Å². The van der Waals surface area contributed by atoms with Crippen LogP contribution in [0.25, 0.3) is 0 Å². The van der Waals surface area contributed by atoms with Gasteiger partial charge in [0, 0.05) is 15.0 Å². The molecule has 2 rings (SSSR count). The second kappa shape index (κ2) is 7.95. The minimum atomic E-state index is 0.485. The highest BCUT2D eigenvalue weighted by Crippen LogP contribution is 2.41. The van der Waals surface area contributed by atoms with E-state index in [2.05, 4.69) is 69.2 Å². The molecule has 0 bridgehead atoms. The SMILES string of the molecule is CCNC(c1cc(Br)cc(Br)c1)C1CCCCC1CC. The Morgan fingerprint density at radius 3 is 2.35 bits per heavy atom. The molecular formula is C17H25Br2N. The van der Waals surface area contributed by atoms with Gasteiger partial charge in [-0.05, 0) is 48.6 Å². The maximum atomic E-state index is 3.75. The summed E-state index contributed by atoms with van der Waals surface area (Å²) < 4.78 is 2.32. The van der Waals surface area contributed by atoms with Crippen molar-refractivity contribution in [2.45, 2.75) is 52.0 Å². The van der Waals surface area contributed by atoms with Crippen molar-refractivity contribution in [1.29, 1.82) is 0 Å². The van der Waals surface area contributed by atoms with Gasteiger partial charge in [-0.2, -0.15) is 0 Å². The van der Waals surface area contributed by atoms with E-state index in [9.17, 15) is 0 Å². The quantitative estimate of drug-likeness (QED) is 0.629. The van der Waals surface area contributed by atoms with Gasteiger partial charge in [0.25, 0.3) is 0 Å². The molecular weight excluding hydrogens is 378 g/mol. The summed E-state index contributed by atoms with van der Waals surface area (Å²) in [5.41, 5.74) is 1.42.